The maximum atomic E-state index is 12.1. The molecule has 3 fully saturated rings. The van der Waals surface area contributed by atoms with Gasteiger partial charge in [-0.25, -0.2) is 8.42 Å². The van der Waals surface area contributed by atoms with E-state index >= 15 is 0 Å². The van der Waals surface area contributed by atoms with Crippen molar-refractivity contribution in [2.75, 3.05) is 45.5 Å². The molecule has 3 aliphatic heterocycles. The number of primary amides is 1. The maximum Gasteiger partial charge on any atom is 0.237 e. The van der Waals surface area contributed by atoms with E-state index < -0.39 is 21.7 Å². The third-order valence-electron chi connectivity index (χ3n) is 6.14. The number of β-amino-alcohol motifs (C(OH)–C–C–N with tert-alkyl or cyclic N) is 1. The zero-order valence-electron chi connectivity index (χ0n) is 14.9. The number of fused-ring (bicyclic) bond motifs is 2. The standard InChI is InChI=1S/C16H30N4O4S/c1-25(23,24)19-9-7-18(8-10-19)11-14(21)12-20-13-3-2-5-16(20,6-4-13)15(17)22/h13-14,21H,2-12H2,1H3,(H2,17,22)/t13-,14?,16+/m1/s1. The van der Waals surface area contributed by atoms with Crippen LogP contribution in [0, 0.1) is 0 Å². The van der Waals surface area contributed by atoms with Gasteiger partial charge >= 0.3 is 0 Å². The van der Waals surface area contributed by atoms with Crippen LogP contribution in [-0.4, -0.2) is 96.7 Å². The molecule has 9 heteroatoms. The first-order valence-corrected chi connectivity index (χ1v) is 11.0. The van der Waals surface area contributed by atoms with E-state index in [2.05, 4.69) is 9.80 Å². The second kappa shape index (κ2) is 7.11. The van der Waals surface area contributed by atoms with Crippen molar-refractivity contribution in [3.05, 3.63) is 0 Å². The molecule has 3 heterocycles. The first-order valence-electron chi connectivity index (χ1n) is 9.14. The second-order valence-corrected chi connectivity index (χ2v) is 9.73. The lowest BCUT2D eigenvalue weighted by atomic mass is 9.87. The fourth-order valence-corrected chi connectivity index (χ4v) is 5.62. The number of sulfonamides is 1. The van der Waals surface area contributed by atoms with Crippen LogP contribution in [-0.2, 0) is 14.8 Å². The van der Waals surface area contributed by atoms with Crippen LogP contribution in [0.1, 0.15) is 32.1 Å². The van der Waals surface area contributed by atoms with Crippen LogP contribution in [0.3, 0.4) is 0 Å². The monoisotopic (exact) mass is 374 g/mol. The Morgan fingerprint density at radius 3 is 2.48 bits per heavy atom. The van der Waals surface area contributed by atoms with Gasteiger partial charge in [0.15, 0.2) is 0 Å². The smallest absolute Gasteiger partial charge is 0.237 e. The minimum Gasteiger partial charge on any atom is -0.390 e. The molecule has 3 saturated heterocycles. The molecule has 0 aromatic heterocycles. The molecule has 3 N–H and O–H groups in total. The number of rotatable bonds is 6. The molecule has 0 aliphatic carbocycles. The van der Waals surface area contributed by atoms with E-state index in [1.54, 1.807) is 0 Å². The van der Waals surface area contributed by atoms with Crippen molar-refractivity contribution in [2.45, 2.75) is 49.8 Å². The van der Waals surface area contributed by atoms with Gasteiger partial charge < -0.3 is 10.8 Å². The van der Waals surface area contributed by atoms with E-state index in [1.165, 1.54) is 10.6 Å². The van der Waals surface area contributed by atoms with E-state index in [0.717, 1.165) is 32.1 Å². The number of carbonyl (C=O) groups excluding carboxylic acids is 1. The van der Waals surface area contributed by atoms with Gasteiger partial charge in [-0.05, 0) is 32.1 Å². The van der Waals surface area contributed by atoms with Crippen LogP contribution in [0.25, 0.3) is 0 Å². The molecule has 144 valence electrons. The first kappa shape index (κ1) is 19.0. The highest BCUT2D eigenvalue weighted by molar-refractivity contribution is 7.88. The highest BCUT2D eigenvalue weighted by Crippen LogP contribution is 2.43. The number of nitrogens with two attached hydrogens (primary N) is 1. The third-order valence-corrected chi connectivity index (χ3v) is 7.45. The topological polar surface area (TPSA) is 107 Å². The van der Waals surface area contributed by atoms with Gasteiger partial charge in [-0.2, -0.15) is 4.31 Å². The van der Waals surface area contributed by atoms with E-state index in [0.29, 0.717) is 45.3 Å². The predicted octanol–water partition coefficient (Wildman–Crippen LogP) is -1.20. The van der Waals surface area contributed by atoms with Crippen LogP contribution in [0.15, 0.2) is 0 Å². The zero-order valence-corrected chi connectivity index (χ0v) is 15.7. The summed E-state index contributed by atoms with van der Waals surface area (Å²) in [4.78, 5) is 16.3. The Hall–Kier alpha value is -0.740. The summed E-state index contributed by atoms with van der Waals surface area (Å²) in [5, 5.41) is 10.6. The van der Waals surface area contributed by atoms with Gasteiger partial charge in [-0.15, -0.1) is 0 Å². The molecule has 0 aromatic carbocycles. The molecular formula is C16H30N4O4S. The number of aliphatic hydroxyl groups is 1. The van der Waals surface area contributed by atoms with Gasteiger partial charge in [-0.1, -0.05) is 0 Å². The Labute approximate surface area is 150 Å². The average Bonchev–Trinajstić information content (AvgIpc) is 2.74. The van der Waals surface area contributed by atoms with E-state index in [9.17, 15) is 18.3 Å². The summed E-state index contributed by atoms with van der Waals surface area (Å²) >= 11 is 0. The van der Waals surface area contributed by atoms with Crippen molar-refractivity contribution in [2.24, 2.45) is 5.73 Å². The van der Waals surface area contributed by atoms with E-state index in [4.69, 9.17) is 5.73 Å². The van der Waals surface area contributed by atoms with Crippen LogP contribution in [0.4, 0.5) is 0 Å². The van der Waals surface area contributed by atoms with Crippen molar-refractivity contribution in [3.8, 4) is 0 Å². The molecule has 0 saturated carbocycles. The SMILES string of the molecule is CS(=O)(=O)N1CCN(CC(O)CN2[C@@H]3CCC[C@@]2(C(N)=O)CC3)CC1. The Balaban J connectivity index is 1.55. The van der Waals surface area contributed by atoms with Crippen LogP contribution < -0.4 is 5.73 Å². The van der Waals surface area contributed by atoms with Gasteiger partial charge in [0.05, 0.1) is 12.4 Å². The molecule has 25 heavy (non-hydrogen) atoms. The number of nitrogens with zero attached hydrogens (tertiary/aromatic N) is 3. The summed E-state index contributed by atoms with van der Waals surface area (Å²) in [6, 6.07) is 0.345. The van der Waals surface area contributed by atoms with Crippen molar-refractivity contribution in [1.82, 2.24) is 14.1 Å². The summed E-state index contributed by atoms with van der Waals surface area (Å²) in [7, 11) is -3.14. The summed E-state index contributed by atoms with van der Waals surface area (Å²) < 4.78 is 24.6. The van der Waals surface area contributed by atoms with Gasteiger partial charge in [0.25, 0.3) is 0 Å². The zero-order chi connectivity index (χ0) is 18.2. The van der Waals surface area contributed by atoms with Gasteiger partial charge in [0.2, 0.25) is 15.9 Å². The minimum atomic E-state index is -3.14. The molecule has 0 spiro atoms. The summed E-state index contributed by atoms with van der Waals surface area (Å²) in [5.74, 6) is -0.260. The Bertz CT molecular complexity index is 601. The molecule has 1 amide bonds. The van der Waals surface area contributed by atoms with Crippen LogP contribution in [0.2, 0.25) is 0 Å². The highest BCUT2D eigenvalue weighted by atomic mass is 32.2. The number of aliphatic hydroxyl groups excluding tert-OH is 1. The van der Waals surface area contributed by atoms with Crippen molar-refractivity contribution in [3.63, 3.8) is 0 Å². The normalized spacial score (nSPS) is 33.4. The molecule has 3 rings (SSSR count). The van der Waals surface area contributed by atoms with Crippen LogP contribution >= 0.6 is 0 Å². The summed E-state index contributed by atoms with van der Waals surface area (Å²) in [6.07, 6.45) is 5.31. The van der Waals surface area contributed by atoms with E-state index in [-0.39, 0.29) is 5.91 Å². The lowest BCUT2D eigenvalue weighted by Crippen LogP contribution is -2.60. The van der Waals surface area contributed by atoms with Crippen molar-refractivity contribution in [1.29, 1.82) is 0 Å². The van der Waals surface area contributed by atoms with Crippen LogP contribution in [0.5, 0.6) is 0 Å². The summed E-state index contributed by atoms with van der Waals surface area (Å²) in [6.45, 7) is 3.12. The Morgan fingerprint density at radius 2 is 1.88 bits per heavy atom. The largest absolute Gasteiger partial charge is 0.390 e. The van der Waals surface area contributed by atoms with Gasteiger partial charge in [0, 0.05) is 45.3 Å². The molecule has 8 nitrogen and oxygen atoms in total. The number of hydrogen-bond acceptors (Lipinski definition) is 6. The highest BCUT2D eigenvalue weighted by Gasteiger charge is 2.52. The fourth-order valence-electron chi connectivity index (χ4n) is 4.79. The second-order valence-electron chi connectivity index (χ2n) is 7.75. The predicted molar refractivity (Wildman–Crippen MR) is 94.4 cm³/mol. The number of hydrogen-bond donors (Lipinski definition) is 2. The first-order chi connectivity index (χ1) is 11.7. The number of piperazine rings is 1. The lowest BCUT2D eigenvalue weighted by molar-refractivity contribution is -0.132. The lowest BCUT2D eigenvalue weighted by Gasteiger charge is -2.44. The van der Waals surface area contributed by atoms with Crippen molar-refractivity contribution < 1.29 is 18.3 Å². The number of piperidine rings is 1. The molecule has 3 aliphatic rings. The molecule has 0 radical (unpaired) electrons. The third kappa shape index (κ3) is 3.85. The minimum absolute atomic E-state index is 0.260. The molecule has 1 unspecified atom stereocenters. The van der Waals surface area contributed by atoms with Gasteiger partial charge in [0.1, 0.15) is 5.54 Å². The fraction of sp³-hybridized carbons (Fsp3) is 0.938. The maximum absolute atomic E-state index is 12.1. The number of amides is 1. The van der Waals surface area contributed by atoms with E-state index in [1.807, 2.05) is 0 Å². The van der Waals surface area contributed by atoms with Gasteiger partial charge in [-0.3, -0.25) is 14.6 Å². The quantitative estimate of drug-likeness (QED) is 0.605. The summed E-state index contributed by atoms with van der Waals surface area (Å²) in [5.41, 5.74) is 5.14. The number of carbonyl (C=O) groups is 1. The Morgan fingerprint density at radius 1 is 1.20 bits per heavy atom. The van der Waals surface area contributed by atoms with Crippen molar-refractivity contribution >= 4 is 15.9 Å². The molecule has 3 atom stereocenters. The average molecular weight is 375 g/mol. The molecule has 2 bridgehead atoms. The molecule has 0 aromatic rings. The molecular weight excluding hydrogens is 344 g/mol. The Kier molecular flexibility index (Phi) is 5.41.